The molecule has 1 amide bonds. The van der Waals surface area contributed by atoms with E-state index < -0.39 is 0 Å². The van der Waals surface area contributed by atoms with E-state index in [1.54, 1.807) is 0 Å². The molecule has 0 aliphatic carbocycles. The molecule has 0 saturated carbocycles. The van der Waals surface area contributed by atoms with Crippen LogP contribution >= 0.6 is 11.3 Å². The van der Waals surface area contributed by atoms with Gasteiger partial charge in [-0.15, -0.1) is 0 Å². The number of nitrogens with zero attached hydrogens (tertiary/aromatic N) is 1. The van der Waals surface area contributed by atoms with E-state index in [2.05, 4.69) is 10.3 Å². The molecule has 0 aliphatic rings. The third-order valence-corrected chi connectivity index (χ3v) is 3.47. The van der Waals surface area contributed by atoms with Crippen molar-refractivity contribution in [3.63, 3.8) is 0 Å². The average molecular weight is 269 g/mol. The van der Waals surface area contributed by atoms with Gasteiger partial charge < -0.3 is 11.1 Å². The summed E-state index contributed by atoms with van der Waals surface area (Å²) >= 11 is 1.21. The molecule has 18 heavy (non-hydrogen) atoms. The van der Waals surface area contributed by atoms with Crippen molar-refractivity contribution in [1.82, 2.24) is 4.98 Å². The SMILES string of the molecule is CC(=O)c1cnc(NC(=O)CCCCCCN)s1. The summed E-state index contributed by atoms with van der Waals surface area (Å²) in [4.78, 5) is 27.2. The second kappa shape index (κ2) is 7.94. The number of Topliss-reactive ketones (excluding diaryl/α,β-unsaturated/α-hetero) is 1. The Bertz CT molecular complexity index is 404. The van der Waals surface area contributed by atoms with Gasteiger partial charge in [0.2, 0.25) is 5.91 Å². The highest BCUT2D eigenvalue weighted by Crippen LogP contribution is 2.18. The topological polar surface area (TPSA) is 85.1 Å². The van der Waals surface area contributed by atoms with E-state index in [9.17, 15) is 9.59 Å². The summed E-state index contributed by atoms with van der Waals surface area (Å²) < 4.78 is 0. The number of carbonyl (C=O) groups is 2. The molecule has 0 unspecified atom stereocenters. The van der Waals surface area contributed by atoms with Gasteiger partial charge in [-0.3, -0.25) is 9.59 Å². The molecule has 5 nitrogen and oxygen atoms in total. The summed E-state index contributed by atoms with van der Waals surface area (Å²) in [6, 6.07) is 0. The second-order valence-electron chi connectivity index (χ2n) is 4.09. The number of hydrogen-bond donors (Lipinski definition) is 2. The van der Waals surface area contributed by atoms with Gasteiger partial charge in [0.15, 0.2) is 10.9 Å². The Hall–Kier alpha value is -1.27. The zero-order valence-corrected chi connectivity index (χ0v) is 11.4. The van der Waals surface area contributed by atoms with Gasteiger partial charge in [-0.25, -0.2) is 4.98 Å². The van der Waals surface area contributed by atoms with Gasteiger partial charge in [-0.2, -0.15) is 0 Å². The Balaban J connectivity index is 2.24. The number of unbranched alkanes of at least 4 members (excludes halogenated alkanes) is 3. The van der Waals surface area contributed by atoms with Crippen LogP contribution in [0.15, 0.2) is 6.20 Å². The Morgan fingerprint density at radius 2 is 2.06 bits per heavy atom. The molecular formula is C12H19N3O2S. The molecule has 1 aromatic rings. The molecule has 0 spiro atoms. The Morgan fingerprint density at radius 1 is 1.33 bits per heavy atom. The minimum Gasteiger partial charge on any atom is -0.330 e. The van der Waals surface area contributed by atoms with Crippen molar-refractivity contribution >= 4 is 28.2 Å². The molecule has 0 aromatic carbocycles. The van der Waals surface area contributed by atoms with E-state index in [-0.39, 0.29) is 11.7 Å². The lowest BCUT2D eigenvalue weighted by atomic mass is 10.1. The predicted molar refractivity (Wildman–Crippen MR) is 72.9 cm³/mol. The van der Waals surface area contributed by atoms with Gasteiger partial charge in [-0.1, -0.05) is 24.2 Å². The number of ketones is 1. The van der Waals surface area contributed by atoms with Crippen molar-refractivity contribution in [3.8, 4) is 0 Å². The monoisotopic (exact) mass is 269 g/mol. The normalized spacial score (nSPS) is 10.3. The highest BCUT2D eigenvalue weighted by atomic mass is 32.1. The van der Waals surface area contributed by atoms with E-state index in [1.165, 1.54) is 24.5 Å². The van der Waals surface area contributed by atoms with Crippen LogP contribution in [0.25, 0.3) is 0 Å². The molecule has 100 valence electrons. The van der Waals surface area contributed by atoms with Crippen LogP contribution in [0.4, 0.5) is 5.13 Å². The molecule has 0 radical (unpaired) electrons. The second-order valence-corrected chi connectivity index (χ2v) is 5.12. The number of anilines is 1. The summed E-state index contributed by atoms with van der Waals surface area (Å²) in [7, 11) is 0. The van der Waals surface area contributed by atoms with Crippen molar-refractivity contribution in [2.24, 2.45) is 5.73 Å². The number of amides is 1. The predicted octanol–water partition coefficient (Wildman–Crippen LogP) is 2.19. The summed E-state index contributed by atoms with van der Waals surface area (Å²) in [5.74, 6) is -0.0815. The Labute approximate surface area is 111 Å². The first-order valence-corrected chi connectivity index (χ1v) is 6.92. The average Bonchev–Trinajstić information content (AvgIpc) is 2.77. The largest absolute Gasteiger partial charge is 0.330 e. The maximum Gasteiger partial charge on any atom is 0.226 e. The van der Waals surface area contributed by atoms with Crippen LogP contribution in [-0.4, -0.2) is 23.2 Å². The summed E-state index contributed by atoms with van der Waals surface area (Å²) in [6.07, 6.45) is 5.92. The van der Waals surface area contributed by atoms with E-state index in [0.29, 0.717) is 23.0 Å². The zero-order valence-electron chi connectivity index (χ0n) is 10.6. The first kappa shape index (κ1) is 14.8. The van der Waals surface area contributed by atoms with Gasteiger partial charge in [0.05, 0.1) is 11.1 Å². The molecule has 1 aromatic heterocycles. The molecule has 1 heterocycles. The minimum atomic E-state index is -0.0489. The molecule has 1 rings (SSSR count). The molecule has 0 atom stereocenters. The first-order chi connectivity index (χ1) is 8.63. The lowest BCUT2D eigenvalue weighted by molar-refractivity contribution is -0.116. The number of nitrogens with one attached hydrogen (secondary N) is 1. The quantitative estimate of drug-likeness (QED) is 0.559. The van der Waals surface area contributed by atoms with E-state index in [4.69, 9.17) is 5.73 Å². The van der Waals surface area contributed by atoms with Crippen LogP contribution in [0, 0.1) is 0 Å². The highest BCUT2D eigenvalue weighted by Gasteiger charge is 2.08. The fourth-order valence-electron chi connectivity index (χ4n) is 1.46. The van der Waals surface area contributed by atoms with Crippen LogP contribution in [0.5, 0.6) is 0 Å². The molecule has 0 bridgehead atoms. The molecule has 6 heteroatoms. The maximum atomic E-state index is 11.6. The summed E-state index contributed by atoms with van der Waals surface area (Å²) in [5.41, 5.74) is 5.39. The van der Waals surface area contributed by atoms with Gasteiger partial charge in [0.25, 0.3) is 0 Å². The van der Waals surface area contributed by atoms with Crippen LogP contribution in [0.3, 0.4) is 0 Å². The lowest BCUT2D eigenvalue weighted by Gasteiger charge is -2.01. The van der Waals surface area contributed by atoms with Crippen LogP contribution in [0.1, 0.15) is 48.7 Å². The van der Waals surface area contributed by atoms with Crippen molar-refractivity contribution in [3.05, 3.63) is 11.1 Å². The molecule has 3 N–H and O–H groups in total. The number of carbonyl (C=O) groups excluding carboxylic acids is 2. The van der Waals surface area contributed by atoms with Crippen LogP contribution in [-0.2, 0) is 4.79 Å². The number of aromatic nitrogens is 1. The maximum absolute atomic E-state index is 11.6. The zero-order chi connectivity index (χ0) is 13.4. The molecule has 0 aliphatic heterocycles. The van der Waals surface area contributed by atoms with Crippen LogP contribution in [0.2, 0.25) is 0 Å². The van der Waals surface area contributed by atoms with Crippen molar-refractivity contribution in [2.45, 2.75) is 39.0 Å². The standard InChI is InChI=1S/C12H19N3O2S/c1-9(16)10-8-14-12(18-10)15-11(17)6-4-2-3-5-7-13/h8H,2-7,13H2,1H3,(H,14,15,17). The number of nitrogens with two attached hydrogens (primary N) is 1. The van der Waals surface area contributed by atoms with Crippen molar-refractivity contribution in [1.29, 1.82) is 0 Å². The summed E-state index contributed by atoms with van der Waals surface area (Å²) in [5, 5.41) is 3.19. The van der Waals surface area contributed by atoms with Crippen molar-refractivity contribution < 1.29 is 9.59 Å². The highest BCUT2D eigenvalue weighted by molar-refractivity contribution is 7.17. The smallest absolute Gasteiger partial charge is 0.226 e. The number of thiazole rings is 1. The third kappa shape index (κ3) is 5.37. The van der Waals surface area contributed by atoms with E-state index in [0.717, 1.165) is 25.7 Å². The molecule has 0 fully saturated rings. The number of hydrogen-bond acceptors (Lipinski definition) is 5. The van der Waals surface area contributed by atoms with Gasteiger partial charge in [0.1, 0.15) is 0 Å². The minimum absolute atomic E-state index is 0.0326. The fraction of sp³-hybridized carbons (Fsp3) is 0.583. The Kier molecular flexibility index (Phi) is 6.53. The summed E-state index contributed by atoms with van der Waals surface area (Å²) in [6.45, 7) is 2.19. The van der Waals surface area contributed by atoms with Gasteiger partial charge >= 0.3 is 0 Å². The van der Waals surface area contributed by atoms with Gasteiger partial charge in [-0.05, 0) is 19.4 Å². The number of rotatable bonds is 8. The van der Waals surface area contributed by atoms with Gasteiger partial charge in [0, 0.05) is 13.3 Å². The lowest BCUT2D eigenvalue weighted by Crippen LogP contribution is -2.10. The van der Waals surface area contributed by atoms with Crippen LogP contribution < -0.4 is 11.1 Å². The van der Waals surface area contributed by atoms with E-state index in [1.807, 2.05) is 0 Å². The van der Waals surface area contributed by atoms with Crippen molar-refractivity contribution in [2.75, 3.05) is 11.9 Å². The molecule has 0 saturated heterocycles. The third-order valence-electron chi connectivity index (χ3n) is 2.46. The fourth-order valence-corrected chi connectivity index (χ4v) is 2.19. The Morgan fingerprint density at radius 3 is 2.67 bits per heavy atom. The molecular weight excluding hydrogens is 250 g/mol. The van der Waals surface area contributed by atoms with E-state index >= 15 is 0 Å². The first-order valence-electron chi connectivity index (χ1n) is 6.10.